The molecule has 0 unspecified atom stereocenters. The third-order valence-electron chi connectivity index (χ3n) is 27.2. The van der Waals surface area contributed by atoms with Crippen LogP contribution >= 0.6 is 0 Å². The van der Waals surface area contributed by atoms with E-state index in [2.05, 4.69) is 305 Å². The van der Waals surface area contributed by atoms with Crippen molar-refractivity contribution >= 4 is 176 Å². The number of aromatic nitrogens is 20. The first-order chi connectivity index (χ1) is 70.9. The number of nitriles is 1. The highest BCUT2D eigenvalue weighted by Gasteiger charge is 2.28. The molecule has 0 saturated heterocycles. The lowest BCUT2D eigenvalue weighted by Gasteiger charge is -2.09. The second-order valence-corrected chi connectivity index (χ2v) is 35.4. The van der Waals surface area contributed by atoms with Crippen LogP contribution in [0.2, 0.25) is 0 Å². The standard InChI is InChI=1S/C36H21N5.C32H20N6.2C27H17N5/c37-22-23-14-17-28-29-21-26(16-19-31(29)39(34(28)20-23)25-9-2-1-3-10-25)40-33-18-15-24-8-4-5-11-27(24)35(33)41-32-13-7-6-12-30(32)38-36(40)41;1-3-12-22(13-4-1)29-34-30(23-14-5-2-6-15-23)36-31(35-29)38-27-20-19-21-11-7-8-16-24(21)28(27)37-26-18-10-9-17-25(26)33-32(37)38;1-2-9-20-18(7-1)14-15-24-26(20)32-23-12-4-3-10-22(23)30-27(32)31(24)25-13-5-11-21(29-25)19-8-6-16-28-17-19;1-2-7-20-18(6-1)12-13-24-26(20)32-23-10-4-3-8-22(23)30-27(32)31(24)25-11-5-9-21(29-25)19-14-16-28-17-15-19/h1-21H;1-20H;2*1-17H. The topological polar surface area (TPSA) is 208 Å². The molecule has 143 heavy (non-hydrogen) atoms. The van der Waals surface area contributed by atoms with Crippen LogP contribution in [0.25, 0.3) is 251 Å². The number of rotatable bonds is 9. The molecule has 14 aromatic heterocycles. The highest BCUT2D eigenvalue weighted by atomic mass is 15.3. The molecule has 0 aliphatic rings. The molecule has 0 atom stereocenters. The Kier molecular flexibility index (Phi) is 18.8. The molecule has 14 heterocycles. The molecule has 0 N–H and O–H groups in total. The fourth-order valence-electron chi connectivity index (χ4n) is 20.9. The third kappa shape index (κ3) is 13.2. The molecule has 31 rings (SSSR count). The first kappa shape index (κ1) is 81.1. The van der Waals surface area contributed by atoms with Gasteiger partial charge in [-0.3, -0.25) is 41.3 Å². The molecule has 17 aromatic carbocycles. The molecule has 0 saturated carbocycles. The van der Waals surface area contributed by atoms with Crippen molar-refractivity contribution in [3.63, 3.8) is 0 Å². The minimum Gasteiger partial charge on any atom is -0.309 e. The number of fused-ring (bicyclic) bond motifs is 31. The summed E-state index contributed by atoms with van der Waals surface area (Å²) in [4.78, 5) is 53.5. The van der Waals surface area contributed by atoms with Gasteiger partial charge in [-0.1, -0.05) is 267 Å². The van der Waals surface area contributed by atoms with Crippen LogP contribution in [0, 0.1) is 11.3 Å². The van der Waals surface area contributed by atoms with Gasteiger partial charge in [0.1, 0.15) is 11.6 Å². The SMILES string of the molecule is N#Cc1ccc2c3cc(-n4c5ccc6ccccc6c5n5c6ccccc6nc45)ccc3n(-c3ccccc3)c2c1.c1cc(-c2ccncc2)nc(-n2c3ccc4ccccc4c3n3c4ccccc4nc23)c1.c1ccc(-c2nc(-c3ccccc3)nc(-n3c4ccc5ccccc5c4n4c5ccccc5nc34)n2)cc1.c1cncc(-c2cccc(-n3c4ccc5ccccc5c4n4c5ccccc5nc34)n2)c1. The summed E-state index contributed by atoms with van der Waals surface area (Å²) in [5, 5.41) is 21.4. The second-order valence-electron chi connectivity index (χ2n) is 35.4. The number of imidazole rings is 8. The number of pyridine rings is 4. The first-order valence-electron chi connectivity index (χ1n) is 47.3. The van der Waals surface area contributed by atoms with E-state index in [0.29, 0.717) is 23.2 Å². The lowest BCUT2D eigenvalue weighted by molar-refractivity contribution is 0.937. The predicted molar refractivity (Wildman–Crippen MR) is 574 cm³/mol. The van der Waals surface area contributed by atoms with Gasteiger partial charge in [-0.05, 0) is 185 Å². The zero-order valence-corrected chi connectivity index (χ0v) is 76.2. The van der Waals surface area contributed by atoms with Gasteiger partial charge in [0, 0.05) is 90.7 Å². The molecular weight excluding hydrogens is 1760 g/mol. The van der Waals surface area contributed by atoms with Gasteiger partial charge in [-0.15, -0.1) is 0 Å². The summed E-state index contributed by atoms with van der Waals surface area (Å²) in [6.07, 6.45) is 7.20. The van der Waals surface area contributed by atoms with E-state index in [1.54, 1.807) is 18.6 Å². The number of para-hydroxylation sites is 9. The lowest BCUT2D eigenvalue weighted by atomic mass is 10.1. The van der Waals surface area contributed by atoms with Crippen LogP contribution in [0.15, 0.2) is 455 Å². The van der Waals surface area contributed by atoms with E-state index in [0.717, 1.165) is 195 Å². The first-order valence-corrected chi connectivity index (χ1v) is 47.3. The fraction of sp³-hybridized carbons (Fsp3) is 0. The largest absolute Gasteiger partial charge is 0.309 e. The van der Waals surface area contributed by atoms with Crippen LogP contribution in [0.5, 0.6) is 0 Å². The maximum absolute atomic E-state index is 9.67. The highest BCUT2D eigenvalue weighted by Crippen LogP contribution is 2.43. The average Bonchev–Trinajstić information content (AvgIpc) is 1.56. The number of hydrogen-bond acceptors (Lipinski definition) is 12. The Morgan fingerprint density at radius 3 is 1.06 bits per heavy atom. The van der Waals surface area contributed by atoms with Gasteiger partial charge < -0.3 is 4.57 Å². The minimum absolute atomic E-state index is 0.531. The summed E-state index contributed by atoms with van der Waals surface area (Å²) in [5.41, 5.74) is 27.4. The second kappa shape index (κ2) is 33.1. The zero-order chi connectivity index (χ0) is 94.3. The Morgan fingerprint density at radius 2 is 0.601 bits per heavy atom. The fourth-order valence-corrected chi connectivity index (χ4v) is 20.9. The highest BCUT2D eigenvalue weighted by molar-refractivity contribution is 6.15. The molecule has 31 aromatic rings. The van der Waals surface area contributed by atoms with Gasteiger partial charge in [0.2, 0.25) is 29.1 Å². The molecule has 0 aliphatic carbocycles. The summed E-state index contributed by atoms with van der Waals surface area (Å²) >= 11 is 0. The molecular formula is C122H75N21. The number of nitrogens with zero attached hydrogens (tertiary/aromatic N) is 21. The van der Waals surface area contributed by atoms with E-state index < -0.39 is 0 Å². The Morgan fingerprint density at radius 1 is 0.210 bits per heavy atom. The molecule has 0 amide bonds. The summed E-state index contributed by atoms with van der Waals surface area (Å²) in [5.74, 6) is 6.80. The van der Waals surface area contributed by atoms with Crippen LogP contribution in [-0.4, -0.2) is 95.3 Å². The summed E-state index contributed by atoms with van der Waals surface area (Å²) < 4.78 is 19.9. The summed E-state index contributed by atoms with van der Waals surface area (Å²) in [6, 6.07) is 150. The van der Waals surface area contributed by atoms with Gasteiger partial charge in [-0.2, -0.15) is 15.2 Å². The van der Waals surface area contributed by atoms with Crippen molar-refractivity contribution in [2.45, 2.75) is 0 Å². The third-order valence-corrected chi connectivity index (χ3v) is 27.2. The van der Waals surface area contributed by atoms with Crippen molar-refractivity contribution in [2.75, 3.05) is 0 Å². The van der Waals surface area contributed by atoms with Gasteiger partial charge in [0.25, 0.3) is 0 Å². The van der Waals surface area contributed by atoms with Crippen LogP contribution in [-0.2, 0) is 0 Å². The Labute approximate surface area is 812 Å². The van der Waals surface area contributed by atoms with E-state index in [1.807, 2.05) is 188 Å². The lowest BCUT2D eigenvalue weighted by Crippen LogP contribution is -2.06. The van der Waals surface area contributed by atoms with Gasteiger partial charge in [-0.25, -0.2) is 39.5 Å². The molecule has 0 aliphatic heterocycles. The molecule has 0 fully saturated rings. The summed E-state index contributed by atoms with van der Waals surface area (Å²) in [6.45, 7) is 0. The Hall–Kier alpha value is -20.2. The maximum atomic E-state index is 9.67. The smallest absolute Gasteiger partial charge is 0.241 e. The zero-order valence-electron chi connectivity index (χ0n) is 76.2. The average molecular weight is 1840 g/mol. The Bertz CT molecular complexity index is 10300. The molecule has 21 nitrogen and oxygen atoms in total. The van der Waals surface area contributed by atoms with Crippen LogP contribution in [0.3, 0.4) is 0 Å². The number of hydrogen-bond donors (Lipinski definition) is 0. The normalized spacial score (nSPS) is 11.8. The van der Waals surface area contributed by atoms with Crippen LogP contribution in [0.4, 0.5) is 0 Å². The van der Waals surface area contributed by atoms with Gasteiger partial charge >= 0.3 is 0 Å². The van der Waals surface area contributed by atoms with E-state index >= 15 is 0 Å². The molecule has 0 radical (unpaired) electrons. The minimum atomic E-state index is 0.531. The van der Waals surface area contributed by atoms with Crippen LogP contribution < -0.4 is 0 Å². The molecule has 0 spiro atoms. The van der Waals surface area contributed by atoms with E-state index in [4.69, 9.17) is 44.9 Å². The van der Waals surface area contributed by atoms with E-state index in [-0.39, 0.29) is 0 Å². The predicted octanol–water partition coefficient (Wildman–Crippen LogP) is 27.7. The molecule has 21 heteroatoms. The maximum Gasteiger partial charge on any atom is 0.241 e. The van der Waals surface area contributed by atoms with Crippen molar-refractivity contribution in [1.82, 2.24) is 95.3 Å². The van der Waals surface area contributed by atoms with Crippen molar-refractivity contribution in [3.8, 4) is 80.3 Å². The van der Waals surface area contributed by atoms with Crippen molar-refractivity contribution in [2.24, 2.45) is 0 Å². The Balaban J connectivity index is 0.0000000934. The monoisotopic (exact) mass is 1830 g/mol. The van der Waals surface area contributed by atoms with Gasteiger partial charge in [0.05, 0.1) is 122 Å². The van der Waals surface area contributed by atoms with Crippen LogP contribution in [0.1, 0.15) is 5.56 Å². The quantitative estimate of drug-likeness (QED) is 0.132. The van der Waals surface area contributed by atoms with E-state index in [1.165, 1.54) is 37.7 Å². The molecule has 0 bridgehead atoms. The number of benzene rings is 17. The molecule has 668 valence electrons. The van der Waals surface area contributed by atoms with Crippen molar-refractivity contribution < 1.29 is 0 Å². The van der Waals surface area contributed by atoms with Crippen molar-refractivity contribution in [1.29, 1.82) is 5.26 Å². The van der Waals surface area contributed by atoms with Crippen molar-refractivity contribution in [3.05, 3.63) is 461 Å². The summed E-state index contributed by atoms with van der Waals surface area (Å²) in [7, 11) is 0. The van der Waals surface area contributed by atoms with Gasteiger partial charge in [0.15, 0.2) is 11.6 Å². The van der Waals surface area contributed by atoms with E-state index in [9.17, 15) is 5.26 Å².